The van der Waals surface area contributed by atoms with Crippen LogP contribution in [0.3, 0.4) is 0 Å². The Labute approximate surface area is 207 Å². The fraction of sp³-hybridized carbons (Fsp3) is 0.448. The number of hydrogen-bond acceptors (Lipinski definition) is 5. The Morgan fingerprint density at radius 1 is 1.03 bits per heavy atom. The van der Waals surface area contributed by atoms with Crippen LogP contribution >= 0.6 is 0 Å². The molecule has 0 saturated carbocycles. The summed E-state index contributed by atoms with van der Waals surface area (Å²) in [5, 5.41) is 11.1. The minimum Gasteiger partial charge on any atom is -0.497 e. The van der Waals surface area contributed by atoms with Crippen molar-refractivity contribution in [1.29, 1.82) is 0 Å². The summed E-state index contributed by atoms with van der Waals surface area (Å²) in [6.45, 7) is 2.57. The van der Waals surface area contributed by atoms with Gasteiger partial charge in [0.2, 0.25) is 0 Å². The number of carboxylic acid groups (broad SMARTS) is 1. The summed E-state index contributed by atoms with van der Waals surface area (Å²) in [5.74, 6) is 0.981. The van der Waals surface area contributed by atoms with Crippen molar-refractivity contribution in [3.05, 3.63) is 65.9 Å². The van der Waals surface area contributed by atoms with Gasteiger partial charge in [-0.2, -0.15) is 0 Å². The fourth-order valence-electron chi connectivity index (χ4n) is 5.28. The van der Waals surface area contributed by atoms with Crippen LogP contribution in [0.2, 0.25) is 0 Å². The number of carboxylic acids is 1. The molecule has 0 amide bonds. The molecule has 0 unspecified atom stereocenters. The maximum Gasteiger partial charge on any atom is 0.308 e. The summed E-state index contributed by atoms with van der Waals surface area (Å²) >= 11 is 0. The number of rotatable bonds is 11. The molecular weight excluding hydrogens is 440 g/mol. The number of benzene rings is 2. The summed E-state index contributed by atoms with van der Waals surface area (Å²) in [6.07, 6.45) is 7.65. The van der Waals surface area contributed by atoms with Gasteiger partial charge >= 0.3 is 5.97 Å². The van der Waals surface area contributed by atoms with Crippen LogP contribution in [0.4, 0.5) is 0 Å². The van der Waals surface area contributed by atoms with Gasteiger partial charge < -0.3 is 19.5 Å². The summed E-state index contributed by atoms with van der Waals surface area (Å²) in [5.41, 5.74) is 3.50. The molecule has 1 aromatic heterocycles. The lowest BCUT2D eigenvalue weighted by molar-refractivity contribution is -0.146. The van der Waals surface area contributed by atoms with Gasteiger partial charge in [0.15, 0.2) is 0 Å². The van der Waals surface area contributed by atoms with Crippen LogP contribution in [0.5, 0.6) is 11.5 Å². The van der Waals surface area contributed by atoms with Gasteiger partial charge in [-0.05, 0) is 105 Å². The highest BCUT2D eigenvalue weighted by atomic mass is 16.5. The van der Waals surface area contributed by atoms with Crippen LogP contribution in [0.15, 0.2) is 54.7 Å². The second-order valence-electron chi connectivity index (χ2n) is 9.49. The minimum absolute atomic E-state index is 0.230. The first-order valence-corrected chi connectivity index (χ1v) is 12.6. The Hall–Kier alpha value is -3.12. The lowest BCUT2D eigenvalue weighted by Crippen LogP contribution is -2.44. The highest BCUT2D eigenvalue weighted by Gasteiger charge is 2.33. The largest absolute Gasteiger partial charge is 0.497 e. The average molecular weight is 477 g/mol. The van der Waals surface area contributed by atoms with E-state index < -0.39 is 5.97 Å². The smallest absolute Gasteiger partial charge is 0.308 e. The molecule has 1 fully saturated rings. The highest BCUT2D eigenvalue weighted by molar-refractivity contribution is 5.83. The predicted octanol–water partition coefficient (Wildman–Crippen LogP) is 5.23. The van der Waals surface area contributed by atoms with Crippen LogP contribution in [0, 0.1) is 11.8 Å². The van der Waals surface area contributed by atoms with Gasteiger partial charge in [-0.25, -0.2) is 0 Å². The maximum atomic E-state index is 12.1. The SMILES string of the molecule is COc1ccc(CCCN2CC[C@@H](CCCc3ccnc4ccc(OC)cc34)[C@@H](C(=O)O)C2)cc1. The van der Waals surface area contributed by atoms with E-state index in [2.05, 4.69) is 28.1 Å². The van der Waals surface area contributed by atoms with Crippen molar-refractivity contribution in [2.45, 2.75) is 38.5 Å². The topological polar surface area (TPSA) is 71.9 Å². The van der Waals surface area contributed by atoms with Crippen LogP contribution in [0.1, 0.15) is 36.8 Å². The number of aryl methyl sites for hydroxylation is 2. The molecule has 1 aliphatic rings. The third-order valence-electron chi connectivity index (χ3n) is 7.32. The standard InChI is InChI=1S/C29H36N2O4/c1-34-24-10-8-21(9-11-24)5-4-17-31-18-15-23(27(20-31)29(32)33)7-3-6-22-14-16-30-28-13-12-25(35-2)19-26(22)28/h8-14,16,19,23,27H,3-7,15,17-18,20H2,1-2H3,(H,32,33)/t23-,27+/m1/s1. The van der Waals surface area contributed by atoms with Crippen LogP contribution in [-0.4, -0.2) is 54.8 Å². The first-order chi connectivity index (χ1) is 17.1. The molecule has 2 aromatic carbocycles. The second-order valence-corrected chi connectivity index (χ2v) is 9.49. The third kappa shape index (κ3) is 6.51. The number of hydrogen-bond donors (Lipinski definition) is 1. The molecule has 3 aromatic rings. The van der Waals surface area contributed by atoms with Crippen LogP contribution in [-0.2, 0) is 17.6 Å². The van der Waals surface area contributed by atoms with Gasteiger partial charge in [-0.3, -0.25) is 9.78 Å². The molecule has 1 aliphatic heterocycles. The van der Waals surface area contributed by atoms with Gasteiger partial charge in [0.1, 0.15) is 11.5 Å². The van der Waals surface area contributed by atoms with Crippen molar-refractivity contribution in [3.8, 4) is 11.5 Å². The molecule has 4 rings (SSSR count). The van der Waals surface area contributed by atoms with E-state index in [0.717, 1.165) is 74.0 Å². The van der Waals surface area contributed by atoms with Gasteiger partial charge in [0.05, 0.1) is 25.7 Å². The van der Waals surface area contributed by atoms with Crippen molar-refractivity contribution < 1.29 is 19.4 Å². The Morgan fingerprint density at radius 2 is 1.80 bits per heavy atom. The number of piperidine rings is 1. The molecule has 1 saturated heterocycles. The number of aliphatic carboxylic acids is 1. The first kappa shape index (κ1) is 25.0. The molecule has 186 valence electrons. The number of fused-ring (bicyclic) bond motifs is 1. The Kier molecular flexibility index (Phi) is 8.59. The van der Waals surface area contributed by atoms with Crippen LogP contribution < -0.4 is 9.47 Å². The number of ether oxygens (including phenoxy) is 2. The van der Waals surface area contributed by atoms with E-state index >= 15 is 0 Å². The predicted molar refractivity (Wildman–Crippen MR) is 138 cm³/mol. The van der Waals surface area contributed by atoms with Crippen molar-refractivity contribution >= 4 is 16.9 Å². The molecule has 6 nitrogen and oxygen atoms in total. The van der Waals surface area contributed by atoms with E-state index in [1.54, 1.807) is 14.2 Å². The second kappa shape index (κ2) is 12.0. The van der Waals surface area contributed by atoms with Gasteiger partial charge in [0.25, 0.3) is 0 Å². The molecule has 0 spiro atoms. The normalized spacial score (nSPS) is 18.5. The molecule has 2 atom stereocenters. The number of nitrogens with zero attached hydrogens (tertiary/aromatic N) is 2. The molecule has 0 radical (unpaired) electrons. The van der Waals surface area contributed by atoms with Crippen molar-refractivity contribution in [1.82, 2.24) is 9.88 Å². The summed E-state index contributed by atoms with van der Waals surface area (Å²) in [4.78, 5) is 18.9. The van der Waals surface area contributed by atoms with E-state index in [0.29, 0.717) is 6.54 Å². The Bertz CT molecular complexity index is 1120. The fourth-order valence-corrected chi connectivity index (χ4v) is 5.28. The lowest BCUT2D eigenvalue weighted by Gasteiger charge is -2.36. The van der Waals surface area contributed by atoms with Gasteiger partial charge in [0, 0.05) is 18.1 Å². The minimum atomic E-state index is -0.658. The van der Waals surface area contributed by atoms with Crippen molar-refractivity contribution in [2.75, 3.05) is 33.9 Å². The third-order valence-corrected chi connectivity index (χ3v) is 7.32. The molecule has 2 heterocycles. The number of likely N-dealkylation sites (tertiary alicyclic amines) is 1. The lowest BCUT2D eigenvalue weighted by atomic mass is 9.81. The van der Waals surface area contributed by atoms with Crippen molar-refractivity contribution in [2.24, 2.45) is 11.8 Å². The van der Waals surface area contributed by atoms with Gasteiger partial charge in [-0.15, -0.1) is 0 Å². The monoisotopic (exact) mass is 476 g/mol. The zero-order chi connectivity index (χ0) is 24.6. The molecule has 35 heavy (non-hydrogen) atoms. The summed E-state index contributed by atoms with van der Waals surface area (Å²) < 4.78 is 10.6. The van der Waals surface area contributed by atoms with E-state index in [1.807, 2.05) is 36.5 Å². The van der Waals surface area contributed by atoms with Crippen molar-refractivity contribution in [3.63, 3.8) is 0 Å². The maximum absolute atomic E-state index is 12.1. The van der Waals surface area contributed by atoms with E-state index in [4.69, 9.17) is 9.47 Å². The number of pyridine rings is 1. The molecule has 0 bridgehead atoms. The highest BCUT2D eigenvalue weighted by Crippen LogP contribution is 2.30. The number of aromatic nitrogens is 1. The molecule has 6 heteroatoms. The van der Waals surface area contributed by atoms with Gasteiger partial charge in [-0.1, -0.05) is 12.1 Å². The van der Waals surface area contributed by atoms with Crippen LogP contribution in [0.25, 0.3) is 10.9 Å². The number of methoxy groups -OCH3 is 2. The molecular formula is C29H36N2O4. The Balaban J connectivity index is 1.27. The Morgan fingerprint density at radius 3 is 2.54 bits per heavy atom. The average Bonchev–Trinajstić information content (AvgIpc) is 2.89. The zero-order valence-corrected chi connectivity index (χ0v) is 20.8. The summed E-state index contributed by atoms with van der Waals surface area (Å²) in [7, 11) is 3.35. The first-order valence-electron chi connectivity index (χ1n) is 12.6. The van der Waals surface area contributed by atoms with E-state index in [1.165, 1.54) is 11.1 Å². The molecule has 0 aliphatic carbocycles. The number of carbonyl (C=O) groups is 1. The van der Waals surface area contributed by atoms with E-state index in [-0.39, 0.29) is 11.8 Å². The molecule has 1 N–H and O–H groups in total. The van der Waals surface area contributed by atoms with E-state index in [9.17, 15) is 9.90 Å². The quantitative estimate of drug-likeness (QED) is 0.409. The summed E-state index contributed by atoms with van der Waals surface area (Å²) in [6, 6.07) is 16.2. The zero-order valence-electron chi connectivity index (χ0n) is 20.8.